The molecule has 1 aromatic heterocycles. The molecular weight excluding hydrogens is 476 g/mol. The van der Waals surface area contributed by atoms with Crippen molar-refractivity contribution in [1.29, 1.82) is 0 Å². The molecule has 3 heterocycles. The molecular formula is C29H36N8O. The molecule has 38 heavy (non-hydrogen) atoms. The number of hydrogen-bond acceptors (Lipinski definition) is 8. The molecule has 3 aliphatic rings. The van der Waals surface area contributed by atoms with Gasteiger partial charge >= 0.3 is 0 Å². The van der Waals surface area contributed by atoms with Crippen LogP contribution in [0.15, 0.2) is 65.4 Å². The minimum Gasteiger partial charge on any atom is -0.362 e. The van der Waals surface area contributed by atoms with Gasteiger partial charge in [0.1, 0.15) is 12.4 Å². The molecule has 9 heteroatoms. The number of nitrogens with one attached hydrogen (secondary N) is 1. The lowest BCUT2D eigenvalue weighted by atomic mass is 9.86. The Morgan fingerprint density at radius 1 is 1.03 bits per heavy atom. The number of aliphatic imine (C=N–C) groups is 1. The van der Waals surface area contributed by atoms with Crippen LogP contribution in [0.5, 0.6) is 0 Å². The molecule has 0 amide bonds. The van der Waals surface area contributed by atoms with Gasteiger partial charge in [0.25, 0.3) is 0 Å². The molecule has 198 valence electrons. The lowest BCUT2D eigenvalue weighted by Gasteiger charge is -2.39. The van der Waals surface area contributed by atoms with E-state index in [2.05, 4.69) is 85.8 Å². The number of aromatic nitrogens is 4. The molecule has 1 aliphatic carbocycles. The van der Waals surface area contributed by atoms with E-state index in [9.17, 15) is 0 Å². The maximum Gasteiger partial charge on any atom is 0.180 e. The molecule has 1 saturated carbocycles. The van der Waals surface area contributed by atoms with E-state index in [0.29, 0.717) is 11.7 Å². The van der Waals surface area contributed by atoms with Crippen LogP contribution >= 0.6 is 0 Å². The largest absolute Gasteiger partial charge is 0.362 e. The van der Waals surface area contributed by atoms with Crippen LogP contribution < -0.4 is 0 Å². The highest BCUT2D eigenvalue weighted by molar-refractivity contribution is 6.00. The zero-order valence-electron chi connectivity index (χ0n) is 22.4. The Kier molecular flexibility index (Phi) is 6.84. The summed E-state index contributed by atoms with van der Waals surface area (Å²) in [6, 6.07) is 17.1. The van der Waals surface area contributed by atoms with E-state index in [1.54, 1.807) is 7.11 Å². The number of ether oxygens (including phenoxy) is 1. The van der Waals surface area contributed by atoms with E-state index >= 15 is 0 Å². The van der Waals surface area contributed by atoms with Gasteiger partial charge in [-0.05, 0) is 52.8 Å². The summed E-state index contributed by atoms with van der Waals surface area (Å²) < 4.78 is 5.73. The Balaban J connectivity index is 1.29. The maximum atomic E-state index is 5.73. The van der Waals surface area contributed by atoms with E-state index in [0.717, 1.165) is 35.7 Å². The normalized spacial score (nSPS) is 20.8. The second-order valence-corrected chi connectivity index (χ2v) is 10.6. The van der Waals surface area contributed by atoms with Gasteiger partial charge in [-0.15, -0.1) is 5.10 Å². The number of nitrogens with zero attached hydrogens (tertiary/aromatic N) is 7. The zero-order chi connectivity index (χ0) is 26.1. The second-order valence-electron chi connectivity index (χ2n) is 10.6. The summed E-state index contributed by atoms with van der Waals surface area (Å²) in [5, 5.41) is 14.5. The van der Waals surface area contributed by atoms with Gasteiger partial charge in [0.15, 0.2) is 11.7 Å². The first-order valence-corrected chi connectivity index (χ1v) is 13.6. The van der Waals surface area contributed by atoms with Crippen LogP contribution in [-0.2, 0) is 11.3 Å². The molecule has 0 bridgehead atoms. The van der Waals surface area contributed by atoms with Gasteiger partial charge in [-0.2, -0.15) is 0 Å². The van der Waals surface area contributed by atoms with Crippen molar-refractivity contribution in [1.82, 2.24) is 35.3 Å². The van der Waals surface area contributed by atoms with Crippen LogP contribution in [0.4, 0.5) is 0 Å². The number of benzene rings is 2. The van der Waals surface area contributed by atoms with Gasteiger partial charge in [-0.1, -0.05) is 67.8 Å². The molecule has 3 aromatic rings. The Morgan fingerprint density at radius 3 is 2.50 bits per heavy atom. The number of amidine groups is 1. The van der Waals surface area contributed by atoms with Crippen LogP contribution in [0.2, 0.25) is 0 Å². The van der Waals surface area contributed by atoms with Crippen LogP contribution in [0.3, 0.4) is 0 Å². The maximum absolute atomic E-state index is 5.73. The number of fused-ring (bicyclic) bond motifs is 1. The highest BCUT2D eigenvalue weighted by Crippen LogP contribution is 2.38. The summed E-state index contributed by atoms with van der Waals surface area (Å²) in [5.41, 5.74) is 5.70. The van der Waals surface area contributed by atoms with Crippen molar-refractivity contribution in [3.05, 3.63) is 66.0 Å². The fraction of sp³-hybridized carbons (Fsp3) is 0.448. The summed E-state index contributed by atoms with van der Waals surface area (Å²) in [6.07, 6.45) is 8.80. The van der Waals surface area contributed by atoms with Crippen molar-refractivity contribution in [2.45, 2.75) is 58.0 Å². The van der Waals surface area contributed by atoms with Crippen molar-refractivity contribution < 1.29 is 4.74 Å². The van der Waals surface area contributed by atoms with Crippen molar-refractivity contribution >= 4 is 5.84 Å². The van der Waals surface area contributed by atoms with Gasteiger partial charge in [0, 0.05) is 32.5 Å². The third-order valence-electron chi connectivity index (χ3n) is 8.10. The van der Waals surface area contributed by atoms with E-state index < -0.39 is 0 Å². The fourth-order valence-electron chi connectivity index (χ4n) is 6.03. The van der Waals surface area contributed by atoms with Crippen LogP contribution in [0, 0.1) is 5.92 Å². The van der Waals surface area contributed by atoms with E-state index in [1.807, 2.05) is 18.2 Å². The molecule has 9 nitrogen and oxygen atoms in total. The minimum atomic E-state index is -0.0363. The molecule has 1 N–H and O–H groups in total. The van der Waals surface area contributed by atoms with Gasteiger partial charge in [-0.3, -0.25) is 0 Å². The number of aromatic amines is 1. The smallest absolute Gasteiger partial charge is 0.180 e. The molecule has 2 atom stereocenters. The van der Waals surface area contributed by atoms with Gasteiger partial charge in [0.2, 0.25) is 0 Å². The first-order valence-electron chi connectivity index (χ1n) is 13.6. The molecule has 1 fully saturated rings. The van der Waals surface area contributed by atoms with Gasteiger partial charge in [-0.25, -0.2) is 10.1 Å². The van der Waals surface area contributed by atoms with E-state index in [4.69, 9.17) is 9.73 Å². The number of hydrogen-bond donors (Lipinski definition) is 1. The number of H-pyrrole nitrogens is 1. The first-order chi connectivity index (χ1) is 18.6. The average molecular weight is 513 g/mol. The SMILES string of the molecule is COC(C)N1CN(C)C=C2C1=NC(C1CCCCC1)N2Cc1ccc(-c2ccccc2-c2nnn[nH]2)cc1. The quantitative estimate of drug-likeness (QED) is 0.491. The Bertz CT molecular complexity index is 1300. The molecule has 2 aromatic carbocycles. The molecule has 6 rings (SSSR count). The fourth-order valence-corrected chi connectivity index (χ4v) is 6.03. The lowest BCUT2D eigenvalue weighted by molar-refractivity contribution is 0.00348. The first kappa shape index (κ1) is 24.6. The number of tetrazole rings is 1. The standard InChI is InChI=1S/C29H36N8O/c1-20(38-3)37-19-35(2)18-26-29(37)30-28(23-9-5-4-6-10-23)36(26)17-21-13-15-22(16-14-21)24-11-7-8-12-25(24)27-31-33-34-32-27/h7-8,11-16,18,20,23,28H,4-6,9-10,17,19H2,1-3H3,(H,31,32,33,34). The zero-order valence-corrected chi connectivity index (χ0v) is 22.4. The monoisotopic (exact) mass is 512 g/mol. The summed E-state index contributed by atoms with van der Waals surface area (Å²) in [6.45, 7) is 3.69. The molecule has 0 radical (unpaired) electrons. The summed E-state index contributed by atoms with van der Waals surface area (Å²) in [5.74, 6) is 2.32. The van der Waals surface area contributed by atoms with Crippen molar-refractivity contribution in [2.75, 3.05) is 20.8 Å². The third-order valence-corrected chi connectivity index (χ3v) is 8.10. The van der Waals surface area contributed by atoms with Crippen LogP contribution in [0.1, 0.15) is 44.6 Å². The molecule has 2 unspecified atom stereocenters. The minimum absolute atomic E-state index is 0.0363. The predicted molar refractivity (Wildman–Crippen MR) is 147 cm³/mol. The van der Waals surface area contributed by atoms with Crippen LogP contribution in [-0.4, -0.2) is 74.4 Å². The number of methoxy groups -OCH3 is 1. The highest BCUT2D eigenvalue weighted by Gasteiger charge is 2.41. The molecule has 2 aliphatic heterocycles. The van der Waals surface area contributed by atoms with E-state index in [1.165, 1.54) is 43.4 Å². The third kappa shape index (κ3) is 4.67. The predicted octanol–water partition coefficient (Wildman–Crippen LogP) is 4.69. The Labute approximate surface area is 224 Å². The highest BCUT2D eigenvalue weighted by atomic mass is 16.5. The topological polar surface area (TPSA) is 85.8 Å². The summed E-state index contributed by atoms with van der Waals surface area (Å²) in [4.78, 5) is 12.4. The van der Waals surface area contributed by atoms with E-state index in [-0.39, 0.29) is 12.4 Å². The number of rotatable bonds is 7. The second kappa shape index (κ2) is 10.6. The molecule has 0 spiro atoms. The van der Waals surface area contributed by atoms with Crippen molar-refractivity contribution in [3.63, 3.8) is 0 Å². The molecule has 0 saturated heterocycles. The Hall–Kier alpha value is -3.72. The van der Waals surface area contributed by atoms with Crippen LogP contribution in [0.25, 0.3) is 22.5 Å². The average Bonchev–Trinajstić information content (AvgIpc) is 3.62. The summed E-state index contributed by atoms with van der Waals surface area (Å²) >= 11 is 0. The van der Waals surface area contributed by atoms with Crippen molar-refractivity contribution in [2.24, 2.45) is 10.9 Å². The summed E-state index contributed by atoms with van der Waals surface area (Å²) in [7, 11) is 3.90. The van der Waals surface area contributed by atoms with Gasteiger partial charge < -0.3 is 19.4 Å². The van der Waals surface area contributed by atoms with Gasteiger partial charge in [0.05, 0.1) is 12.4 Å². The lowest BCUT2D eigenvalue weighted by Crippen LogP contribution is -2.49. The Morgan fingerprint density at radius 2 is 1.79 bits per heavy atom. The van der Waals surface area contributed by atoms with Crippen molar-refractivity contribution in [3.8, 4) is 22.5 Å².